The van der Waals surface area contributed by atoms with Crippen LogP contribution in [0.5, 0.6) is 0 Å². The molecule has 0 unspecified atom stereocenters. The van der Waals surface area contributed by atoms with Crippen LogP contribution in [0.4, 0.5) is 4.79 Å². The number of benzene rings is 1. The van der Waals surface area contributed by atoms with Gasteiger partial charge >= 0.3 is 6.09 Å². The molecule has 24 heavy (non-hydrogen) atoms. The van der Waals surface area contributed by atoms with Crippen molar-refractivity contribution < 1.29 is 14.3 Å². The highest BCUT2D eigenvalue weighted by molar-refractivity contribution is 5.79. The topological polar surface area (TPSA) is 67.4 Å². The van der Waals surface area contributed by atoms with E-state index in [1.165, 1.54) is 0 Å². The number of hydrogen-bond donors (Lipinski definition) is 2. The van der Waals surface area contributed by atoms with Crippen LogP contribution < -0.4 is 10.6 Å². The van der Waals surface area contributed by atoms with Crippen molar-refractivity contribution in [1.82, 2.24) is 10.6 Å². The molecule has 0 aromatic heterocycles. The zero-order chi connectivity index (χ0) is 17.8. The lowest BCUT2D eigenvalue weighted by Gasteiger charge is -2.42. The second-order valence-electron chi connectivity index (χ2n) is 7.64. The molecule has 1 atom stereocenters. The molecule has 1 aromatic rings. The fourth-order valence-electron chi connectivity index (χ4n) is 2.89. The van der Waals surface area contributed by atoms with Gasteiger partial charge in [0.15, 0.2) is 0 Å². The van der Waals surface area contributed by atoms with Gasteiger partial charge in [-0.25, -0.2) is 4.79 Å². The van der Waals surface area contributed by atoms with Crippen LogP contribution in [-0.2, 0) is 9.53 Å². The van der Waals surface area contributed by atoms with Crippen molar-refractivity contribution in [3.8, 4) is 0 Å². The minimum Gasteiger partial charge on any atom is -0.444 e. The molecular weight excluding hydrogens is 304 g/mol. The minimum absolute atomic E-state index is 0.0536. The number of hydrogen-bond acceptors (Lipinski definition) is 3. The van der Waals surface area contributed by atoms with Crippen LogP contribution in [0.15, 0.2) is 30.3 Å². The van der Waals surface area contributed by atoms with Gasteiger partial charge in [-0.15, -0.1) is 0 Å². The lowest BCUT2D eigenvalue weighted by atomic mass is 9.74. The summed E-state index contributed by atoms with van der Waals surface area (Å²) in [7, 11) is 0. The molecule has 1 saturated carbocycles. The van der Waals surface area contributed by atoms with Crippen LogP contribution in [-0.4, -0.2) is 23.1 Å². The third-order valence-electron chi connectivity index (χ3n) is 4.25. The SMILES string of the molecule is C[C@H](NC(=O)CC1(NC(=O)OC(C)(C)C)CCC1)c1ccccc1. The Bertz CT molecular complexity index is 574. The first-order valence-corrected chi connectivity index (χ1v) is 8.55. The van der Waals surface area contributed by atoms with Crippen molar-refractivity contribution in [2.75, 3.05) is 0 Å². The summed E-state index contributed by atoms with van der Waals surface area (Å²) in [6, 6.07) is 9.78. The molecule has 2 N–H and O–H groups in total. The number of carbonyl (C=O) groups excluding carboxylic acids is 2. The van der Waals surface area contributed by atoms with Crippen molar-refractivity contribution in [1.29, 1.82) is 0 Å². The number of amides is 2. The van der Waals surface area contributed by atoms with E-state index in [0.717, 1.165) is 24.8 Å². The van der Waals surface area contributed by atoms with Gasteiger partial charge in [0.05, 0.1) is 11.6 Å². The Balaban J connectivity index is 1.90. The summed E-state index contributed by atoms with van der Waals surface area (Å²) < 4.78 is 5.32. The van der Waals surface area contributed by atoms with Gasteiger partial charge in [0.2, 0.25) is 5.91 Å². The van der Waals surface area contributed by atoms with E-state index in [1.807, 2.05) is 58.0 Å². The van der Waals surface area contributed by atoms with Gasteiger partial charge in [-0.2, -0.15) is 0 Å². The zero-order valence-electron chi connectivity index (χ0n) is 15.0. The second-order valence-corrected chi connectivity index (χ2v) is 7.64. The van der Waals surface area contributed by atoms with Crippen LogP contribution in [0.25, 0.3) is 0 Å². The second kappa shape index (κ2) is 7.24. The average molecular weight is 332 g/mol. The molecule has 5 heteroatoms. The van der Waals surface area contributed by atoms with E-state index in [9.17, 15) is 9.59 Å². The number of ether oxygens (including phenoxy) is 1. The lowest BCUT2D eigenvalue weighted by molar-refractivity contribution is -0.124. The van der Waals surface area contributed by atoms with Crippen LogP contribution in [0.2, 0.25) is 0 Å². The summed E-state index contributed by atoms with van der Waals surface area (Å²) in [6.07, 6.45) is 2.45. The van der Waals surface area contributed by atoms with Crippen LogP contribution in [0, 0.1) is 0 Å². The molecule has 1 aromatic carbocycles. The van der Waals surface area contributed by atoms with E-state index in [1.54, 1.807) is 0 Å². The molecule has 132 valence electrons. The smallest absolute Gasteiger partial charge is 0.408 e. The molecule has 0 bridgehead atoms. The van der Waals surface area contributed by atoms with Gasteiger partial charge in [0.25, 0.3) is 0 Å². The van der Waals surface area contributed by atoms with Crippen molar-refractivity contribution in [2.45, 2.75) is 70.6 Å². The van der Waals surface area contributed by atoms with Crippen molar-refractivity contribution >= 4 is 12.0 Å². The van der Waals surface area contributed by atoms with E-state index in [2.05, 4.69) is 10.6 Å². The van der Waals surface area contributed by atoms with Crippen molar-refractivity contribution in [3.05, 3.63) is 35.9 Å². The Morgan fingerprint density at radius 1 is 1.21 bits per heavy atom. The summed E-state index contributed by atoms with van der Waals surface area (Å²) in [5, 5.41) is 5.92. The van der Waals surface area contributed by atoms with Gasteiger partial charge in [0, 0.05) is 6.42 Å². The van der Waals surface area contributed by atoms with Gasteiger partial charge in [0.1, 0.15) is 5.60 Å². The highest BCUT2D eigenvalue weighted by atomic mass is 16.6. The maximum Gasteiger partial charge on any atom is 0.408 e. The van der Waals surface area contributed by atoms with Crippen LogP contribution in [0.1, 0.15) is 65.0 Å². The molecule has 1 fully saturated rings. The molecule has 0 radical (unpaired) electrons. The molecule has 0 aliphatic heterocycles. The monoisotopic (exact) mass is 332 g/mol. The Kier molecular flexibility index (Phi) is 5.52. The third-order valence-corrected chi connectivity index (χ3v) is 4.25. The van der Waals surface area contributed by atoms with Gasteiger partial charge in [-0.1, -0.05) is 30.3 Å². The van der Waals surface area contributed by atoms with E-state index in [4.69, 9.17) is 4.74 Å². The van der Waals surface area contributed by atoms with Crippen molar-refractivity contribution in [3.63, 3.8) is 0 Å². The molecule has 2 rings (SSSR count). The molecule has 2 amide bonds. The Hall–Kier alpha value is -2.04. The lowest BCUT2D eigenvalue weighted by Crippen LogP contribution is -2.56. The maximum atomic E-state index is 12.4. The van der Waals surface area contributed by atoms with E-state index in [0.29, 0.717) is 0 Å². The predicted octanol–water partition coefficient (Wildman–Crippen LogP) is 3.70. The number of carbonyl (C=O) groups is 2. The zero-order valence-corrected chi connectivity index (χ0v) is 15.0. The third kappa shape index (κ3) is 5.25. The Labute approximate surface area is 144 Å². The molecule has 5 nitrogen and oxygen atoms in total. The first-order chi connectivity index (χ1) is 11.2. The standard InChI is InChI=1S/C19H28N2O3/c1-14(15-9-6-5-7-10-15)20-16(22)13-19(11-8-12-19)21-17(23)24-18(2,3)4/h5-7,9-10,14H,8,11-13H2,1-4H3,(H,20,22)(H,21,23)/t14-/m0/s1. The Morgan fingerprint density at radius 2 is 1.83 bits per heavy atom. The average Bonchev–Trinajstić information content (AvgIpc) is 2.43. The van der Waals surface area contributed by atoms with Crippen LogP contribution >= 0.6 is 0 Å². The summed E-state index contributed by atoms with van der Waals surface area (Å²) in [4.78, 5) is 24.4. The number of alkyl carbamates (subject to hydrolysis) is 1. The first kappa shape index (κ1) is 18.3. The number of rotatable bonds is 5. The van der Waals surface area contributed by atoms with E-state index >= 15 is 0 Å². The molecule has 1 aliphatic carbocycles. The van der Waals surface area contributed by atoms with Gasteiger partial charge in [-0.3, -0.25) is 4.79 Å². The van der Waals surface area contributed by atoms with Crippen molar-refractivity contribution in [2.24, 2.45) is 0 Å². The summed E-state index contributed by atoms with van der Waals surface area (Å²) in [5.74, 6) is -0.0536. The maximum absolute atomic E-state index is 12.4. The van der Waals surface area contributed by atoms with Crippen LogP contribution in [0.3, 0.4) is 0 Å². The summed E-state index contributed by atoms with van der Waals surface area (Å²) in [5.41, 5.74) is 0.0516. The predicted molar refractivity (Wildman–Crippen MR) is 93.6 cm³/mol. The first-order valence-electron chi connectivity index (χ1n) is 8.55. The largest absolute Gasteiger partial charge is 0.444 e. The number of nitrogens with one attached hydrogen (secondary N) is 2. The molecule has 1 aliphatic rings. The Morgan fingerprint density at radius 3 is 2.33 bits per heavy atom. The fraction of sp³-hybridized carbons (Fsp3) is 0.579. The highest BCUT2D eigenvalue weighted by Gasteiger charge is 2.41. The summed E-state index contributed by atoms with van der Waals surface area (Å²) >= 11 is 0. The molecule has 0 spiro atoms. The van der Waals surface area contributed by atoms with E-state index in [-0.39, 0.29) is 18.4 Å². The van der Waals surface area contributed by atoms with Gasteiger partial charge in [-0.05, 0) is 52.5 Å². The molecular formula is C19H28N2O3. The molecule has 0 saturated heterocycles. The normalized spacial score (nSPS) is 17.3. The minimum atomic E-state index is -0.543. The summed E-state index contributed by atoms with van der Waals surface area (Å²) in [6.45, 7) is 7.44. The highest BCUT2D eigenvalue weighted by Crippen LogP contribution is 2.35. The van der Waals surface area contributed by atoms with Gasteiger partial charge < -0.3 is 15.4 Å². The molecule has 0 heterocycles. The fourth-order valence-corrected chi connectivity index (χ4v) is 2.89. The van der Waals surface area contributed by atoms with E-state index < -0.39 is 17.2 Å². The quantitative estimate of drug-likeness (QED) is 0.864.